The minimum Gasteiger partial charge on any atom is -0.497 e. The lowest BCUT2D eigenvalue weighted by Gasteiger charge is -2.15. The zero-order valence-electron chi connectivity index (χ0n) is 13.8. The first-order chi connectivity index (χ1) is 11.6. The van der Waals surface area contributed by atoms with E-state index in [-0.39, 0.29) is 11.8 Å². The van der Waals surface area contributed by atoms with Crippen molar-refractivity contribution in [3.05, 3.63) is 64.7 Å². The highest BCUT2D eigenvalue weighted by Gasteiger charge is 2.28. The number of ether oxygens (including phenoxy) is 1. The highest BCUT2D eigenvalue weighted by molar-refractivity contribution is 6.02. The number of methoxy groups -OCH3 is 1. The third-order valence-corrected chi connectivity index (χ3v) is 4.12. The number of fused-ring (bicyclic) bond motifs is 1. The number of rotatable bonds is 5. The number of nitrogens with one attached hydrogen (secondary N) is 1. The van der Waals surface area contributed by atoms with E-state index < -0.39 is 0 Å². The summed E-state index contributed by atoms with van der Waals surface area (Å²) in [4.78, 5) is 26.3. The molecular weight excluding hydrogens is 304 g/mol. The van der Waals surface area contributed by atoms with E-state index >= 15 is 0 Å². The summed E-state index contributed by atoms with van der Waals surface area (Å²) in [5, 5.41) is 2.75. The lowest BCUT2D eigenvalue weighted by Crippen LogP contribution is -2.24. The molecule has 1 aliphatic heterocycles. The quantitative estimate of drug-likeness (QED) is 0.920. The van der Waals surface area contributed by atoms with Crippen LogP contribution >= 0.6 is 0 Å². The number of hydrogen-bond acceptors (Lipinski definition) is 3. The monoisotopic (exact) mass is 324 g/mol. The molecule has 1 heterocycles. The predicted molar refractivity (Wildman–Crippen MR) is 91.0 cm³/mol. The molecule has 3 rings (SSSR count). The Morgan fingerprint density at radius 2 is 1.96 bits per heavy atom. The minimum atomic E-state index is -0.151. The third-order valence-electron chi connectivity index (χ3n) is 4.12. The number of nitrogens with zero attached hydrogens (tertiary/aromatic N) is 1. The molecular formula is C19H20N2O3. The Balaban J connectivity index is 1.76. The van der Waals surface area contributed by atoms with Gasteiger partial charge in [-0.2, -0.15) is 0 Å². The van der Waals surface area contributed by atoms with Gasteiger partial charge in [-0.25, -0.2) is 0 Å². The molecule has 2 aromatic carbocycles. The summed E-state index contributed by atoms with van der Waals surface area (Å²) in [7, 11) is 1.63. The second-order valence-electron chi connectivity index (χ2n) is 5.74. The first-order valence-electron chi connectivity index (χ1n) is 7.95. The van der Waals surface area contributed by atoms with E-state index in [1.54, 1.807) is 24.1 Å². The first kappa shape index (κ1) is 16.1. The van der Waals surface area contributed by atoms with Gasteiger partial charge in [0.1, 0.15) is 5.75 Å². The second kappa shape index (κ2) is 6.74. The van der Waals surface area contributed by atoms with Crippen LogP contribution in [0.1, 0.15) is 38.8 Å². The summed E-state index contributed by atoms with van der Waals surface area (Å²) >= 11 is 0. The fourth-order valence-corrected chi connectivity index (χ4v) is 2.84. The van der Waals surface area contributed by atoms with Crippen LogP contribution in [0.25, 0.3) is 0 Å². The molecule has 1 N–H and O–H groups in total. The molecule has 124 valence electrons. The Morgan fingerprint density at radius 3 is 2.62 bits per heavy atom. The van der Waals surface area contributed by atoms with Gasteiger partial charge in [-0.05, 0) is 42.3 Å². The average Bonchev–Trinajstić information content (AvgIpc) is 2.91. The summed E-state index contributed by atoms with van der Waals surface area (Å²) in [6, 6.07) is 13.0. The molecule has 24 heavy (non-hydrogen) atoms. The van der Waals surface area contributed by atoms with Gasteiger partial charge in [0.25, 0.3) is 11.8 Å². The van der Waals surface area contributed by atoms with Crippen molar-refractivity contribution >= 4 is 11.8 Å². The second-order valence-corrected chi connectivity index (χ2v) is 5.74. The van der Waals surface area contributed by atoms with Crippen molar-refractivity contribution in [2.75, 3.05) is 13.7 Å². The van der Waals surface area contributed by atoms with E-state index in [0.29, 0.717) is 30.8 Å². The summed E-state index contributed by atoms with van der Waals surface area (Å²) in [5.74, 6) is 0.607. The van der Waals surface area contributed by atoms with Gasteiger partial charge in [0.15, 0.2) is 0 Å². The van der Waals surface area contributed by atoms with E-state index in [2.05, 4.69) is 5.32 Å². The van der Waals surface area contributed by atoms with Crippen LogP contribution < -0.4 is 10.1 Å². The molecule has 0 aliphatic carbocycles. The normalized spacial score (nSPS) is 12.9. The maximum atomic E-state index is 12.6. The Morgan fingerprint density at radius 1 is 1.21 bits per heavy atom. The van der Waals surface area contributed by atoms with Gasteiger partial charge in [-0.15, -0.1) is 0 Å². The van der Waals surface area contributed by atoms with Crippen LogP contribution in [0.4, 0.5) is 0 Å². The van der Waals surface area contributed by atoms with Gasteiger partial charge in [-0.1, -0.05) is 18.2 Å². The first-order valence-corrected chi connectivity index (χ1v) is 7.95. The SMILES string of the molecule is CCNC(=O)c1ccc2c(c1)C(=O)N(Cc1ccc(OC)cc1)C2. The van der Waals surface area contributed by atoms with Crippen molar-refractivity contribution in [1.29, 1.82) is 0 Å². The lowest BCUT2D eigenvalue weighted by atomic mass is 10.1. The van der Waals surface area contributed by atoms with Gasteiger partial charge in [0.2, 0.25) is 0 Å². The third kappa shape index (κ3) is 3.11. The van der Waals surface area contributed by atoms with Crippen LogP contribution in [0, 0.1) is 0 Å². The van der Waals surface area contributed by atoms with Crippen molar-refractivity contribution in [2.45, 2.75) is 20.0 Å². The van der Waals surface area contributed by atoms with Crippen molar-refractivity contribution in [1.82, 2.24) is 10.2 Å². The van der Waals surface area contributed by atoms with Gasteiger partial charge in [-0.3, -0.25) is 9.59 Å². The Hall–Kier alpha value is -2.82. The molecule has 5 heteroatoms. The molecule has 0 saturated carbocycles. The average molecular weight is 324 g/mol. The summed E-state index contributed by atoms with van der Waals surface area (Å²) in [6.45, 7) is 3.53. The maximum Gasteiger partial charge on any atom is 0.254 e. The molecule has 1 aliphatic rings. The van der Waals surface area contributed by atoms with E-state index in [9.17, 15) is 9.59 Å². The fraction of sp³-hybridized carbons (Fsp3) is 0.263. The van der Waals surface area contributed by atoms with Gasteiger partial charge < -0.3 is 15.0 Å². The van der Waals surface area contributed by atoms with E-state index in [0.717, 1.165) is 16.9 Å². The topological polar surface area (TPSA) is 58.6 Å². The zero-order chi connectivity index (χ0) is 17.1. The highest BCUT2D eigenvalue weighted by atomic mass is 16.5. The van der Waals surface area contributed by atoms with Crippen LogP contribution in [0.15, 0.2) is 42.5 Å². The van der Waals surface area contributed by atoms with Crippen LogP contribution in [0.3, 0.4) is 0 Å². The number of carbonyl (C=O) groups excluding carboxylic acids is 2. The Bertz CT molecular complexity index is 769. The van der Waals surface area contributed by atoms with E-state index in [4.69, 9.17) is 4.74 Å². The van der Waals surface area contributed by atoms with Crippen molar-refractivity contribution in [3.8, 4) is 5.75 Å². The summed E-state index contributed by atoms with van der Waals surface area (Å²) in [5.41, 5.74) is 3.14. The Labute approximate surface area is 141 Å². The molecule has 0 bridgehead atoms. The van der Waals surface area contributed by atoms with Gasteiger partial charge >= 0.3 is 0 Å². The smallest absolute Gasteiger partial charge is 0.254 e. The van der Waals surface area contributed by atoms with E-state index in [1.165, 1.54) is 0 Å². The van der Waals surface area contributed by atoms with Crippen LogP contribution in [-0.2, 0) is 13.1 Å². The van der Waals surface area contributed by atoms with Crippen LogP contribution in [0.2, 0.25) is 0 Å². The molecule has 5 nitrogen and oxygen atoms in total. The predicted octanol–water partition coefficient (Wildman–Crippen LogP) is 2.60. The van der Waals surface area contributed by atoms with Crippen molar-refractivity contribution in [3.63, 3.8) is 0 Å². The number of benzene rings is 2. The molecule has 0 saturated heterocycles. The molecule has 0 spiro atoms. The molecule has 0 radical (unpaired) electrons. The van der Waals surface area contributed by atoms with Crippen LogP contribution in [-0.4, -0.2) is 30.4 Å². The lowest BCUT2D eigenvalue weighted by molar-refractivity contribution is 0.0766. The number of amides is 2. The largest absolute Gasteiger partial charge is 0.497 e. The molecule has 2 amide bonds. The highest BCUT2D eigenvalue weighted by Crippen LogP contribution is 2.26. The molecule has 0 unspecified atom stereocenters. The number of hydrogen-bond donors (Lipinski definition) is 1. The van der Waals surface area contributed by atoms with Gasteiger partial charge in [0.05, 0.1) is 7.11 Å². The summed E-state index contributed by atoms with van der Waals surface area (Å²) < 4.78 is 5.15. The zero-order valence-corrected chi connectivity index (χ0v) is 13.8. The number of carbonyl (C=O) groups is 2. The van der Waals surface area contributed by atoms with Crippen molar-refractivity contribution in [2.24, 2.45) is 0 Å². The van der Waals surface area contributed by atoms with Crippen LogP contribution in [0.5, 0.6) is 5.75 Å². The van der Waals surface area contributed by atoms with Gasteiger partial charge in [0, 0.05) is 30.8 Å². The Kier molecular flexibility index (Phi) is 4.51. The minimum absolute atomic E-state index is 0.0352. The van der Waals surface area contributed by atoms with E-state index in [1.807, 2.05) is 37.3 Å². The molecule has 2 aromatic rings. The molecule has 0 fully saturated rings. The van der Waals surface area contributed by atoms with Crippen molar-refractivity contribution < 1.29 is 14.3 Å². The summed E-state index contributed by atoms with van der Waals surface area (Å²) in [6.07, 6.45) is 0. The fourth-order valence-electron chi connectivity index (χ4n) is 2.84. The molecule has 0 aromatic heterocycles. The molecule has 0 atom stereocenters. The standard InChI is InChI=1S/C19H20N2O3/c1-3-20-18(22)14-6-7-15-12-21(19(23)17(15)10-14)11-13-4-8-16(24-2)9-5-13/h4-10H,3,11-12H2,1-2H3,(H,20,22). The maximum absolute atomic E-state index is 12.6.